The van der Waals surface area contributed by atoms with Crippen molar-refractivity contribution in [1.29, 1.82) is 0 Å². The molecule has 0 saturated heterocycles. The average Bonchev–Trinajstić information content (AvgIpc) is 3.67. The van der Waals surface area contributed by atoms with E-state index in [9.17, 15) is 4.79 Å². The first kappa shape index (κ1) is 20.7. The molecule has 2 heterocycles. The third-order valence-corrected chi connectivity index (χ3v) is 6.93. The molecular weight excluding hydrogens is 412 g/mol. The van der Waals surface area contributed by atoms with Crippen LogP contribution in [0.15, 0.2) is 23.4 Å². The highest BCUT2D eigenvalue weighted by Gasteiger charge is 2.36. The van der Waals surface area contributed by atoms with Gasteiger partial charge in [0.25, 0.3) is 0 Å². The van der Waals surface area contributed by atoms with Crippen LogP contribution in [0.2, 0.25) is 0 Å². The van der Waals surface area contributed by atoms with Crippen molar-refractivity contribution in [2.24, 2.45) is 5.92 Å². The molecule has 7 nitrogen and oxygen atoms in total. The molecule has 1 atom stereocenters. The van der Waals surface area contributed by atoms with Crippen LogP contribution in [-0.4, -0.2) is 39.6 Å². The second-order valence-corrected chi connectivity index (χ2v) is 9.99. The molecule has 1 N–H and O–H groups in total. The Kier molecular flexibility index (Phi) is 5.82. The Morgan fingerprint density at radius 1 is 1.16 bits per heavy atom. The topological polar surface area (TPSA) is 78.3 Å². The number of nitrogens with zero attached hydrogens (tertiary/aromatic N) is 3. The highest BCUT2D eigenvalue weighted by atomic mass is 32.2. The van der Waals surface area contributed by atoms with Crippen molar-refractivity contribution >= 4 is 17.7 Å². The van der Waals surface area contributed by atoms with Crippen molar-refractivity contribution in [3.05, 3.63) is 29.6 Å². The van der Waals surface area contributed by atoms with E-state index in [1.165, 1.54) is 37.4 Å². The third-order valence-electron chi connectivity index (χ3n) is 5.99. The van der Waals surface area contributed by atoms with E-state index in [4.69, 9.17) is 9.47 Å². The molecule has 31 heavy (non-hydrogen) atoms. The van der Waals surface area contributed by atoms with Crippen LogP contribution >= 0.6 is 11.8 Å². The maximum Gasteiger partial charge on any atom is 0.230 e. The number of carbonyl (C=O) groups is 1. The number of hydrogen-bond acceptors (Lipinski definition) is 6. The van der Waals surface area contributed by atoms with Crippen molar-refractivity contribution in [2.75, 3.05) is 19.0 Å². The summed E-state index contributed by atoms with van der Waals surface area (Å²) in [5.74, 6) is 3.82. The Balaban J connectivity index is 1.25. The lowest BCUT2D eigenvalue weighted by atomic mass is 9.95. The highest BCUT2D eigenvalue weighted by molar-refractivity contribution is 7.99. The van der Waals surface area contributed by atoms with E-state index in [0.717, 1.165) is 34.5 Å². The number of fused-ring (bicyclic) bond motifs is 1. The van der Waals surface area contributed by atoms with Gasteiger partial charge in [0.15, 0.2) is 16.7 Å². The molecule has 1 unspecified atom stereocenters. The van der Waals surface area contributed by atoms with Crippen molar-refractivity contribution in [1.82, 2.24) is 20.1 Å². The van der Waals surface area contributed by atoms with Gasteiger partial charge < -0.3 is 19.4 Å². The Hall–Kier alpha value is -2.22. The molecular formula is C23H30N4O3S. The summed E-state index contributed by atoms with van der Waals surface area (Å²) in [4.78, 5) is 12.9. The lowest BCUT2D eigenvalue weighted by molar-refractivity contribution is -0.119. The fourth-order valence-corrected chi connectivity index (χ4v) is 4.86. The number of amides is 1. The van der Waals surface area contributed by atoms with Crippen LogP contribution in [0.4, 0.5) is 0 Å². The van der Waals surface area contributed by atoms with E-state index in [0.29, 0.717) is 30.9 Å². The van der Waals surface area contributed by atoms with Crippen molar-refractivity contribution in [2.45, 2.75) is 69.1 Å². The van der Waals surface area contributed by atoms with Crippen LogP contribution in [0.25, 0.3) is 0 Å². The van der Waals surface area contributed by atoms with Crippen LogP contribution in [0.3, 0.4) is 0 Å². The molecule has 2 fully saturated rings. The van der Waals surface area contributed by atoms with Gasteiger partial charge in [0, 0.05) is 18.4 Å². The minimum atomic E-state index is -0.0893. The molecule has 166 valence electrons. The number of benzene rings is 1. The lowest BCUT2D eigenvalue weighted by Gasteiger charge is -2.24. The van der Waals surface area contributed by atoms with Crippen molar-refractivity contribution in [3.63, 3.8) is 0 Å². The fourth-order valence-electron chi connectivity index (χ4n) is 4.04. The normalized spacial score (nSPS) is 19.2. The van der Waals surface area contributed by atoms with Crippen LogP contribution in [-0.2, 0) is 4.79 Å². The SMILES string of the molecule is CC(C)C(NC(=O)CSc1nnc(C2CC2)n1C1CC1)c1ccc2c(c1)OCCCO2. The van der Waals surface area contributed by atoms with Crippen molar-refractivity contribution in [3.8, 4) is 11.5 Å². The molecule has 2 aliphatic carbocycles. The molecule has 1 aliphatic heterocycles. The van der Waals surface area contributed by atoms with E-state index in [1.807, 2.05) is 18.2 Å². The lowest BCUT2D eigenvalue weighted by Crippen LogP contribution is -2.33. The summed E-state index contributed by atoms with van der Waals surface area (Å²) in [5, 5.41) is 12.9. The summed E-state index contributed by atoms with van der Waals surface area (Å²) in [5.41, 5.74) is 1.04. The van der Waals surface area contributed by atoms with E-state index >= 15 is 0 Å². The summed E-state index contributed by atoms with van der Waals surface area (Å²) in [6.45, 7) is 5.55. The highest BCUT2D eigenvalue weighted by Crippen LogP contribution is 2.46. The fraction of sp³-hybridized carbons (Fsp3) is 0.609. The minimum Gasteiger partial charge on any atom is -0.490 e. The smallest absolute Gasteiger partial charge is 0.230 e. The summed E-state index contributed by atoms with van der Waals surface area (Å²) >= 11 is 1.50. The monoisotopic (exact) mass is 442 g/mol. The Labute approximate surface area is 187 Å². The molecule has 5 rings (SSSR count). The van der Waals surface area contributed by atoms with Gasteiger partial charge >= 0.3 is 0 Å². The predicted molar refractivity (Wildman–Crippen MR) is 119 cm³/mol. The molecule has 1 amide bonds. The summed E-state index contributed by atoms with van der Waals surface area (Å²) < 4.78 is 13.9. The molecule has 0 spiro atoms. The van der Waals surface area contributed by atoms with E-state index < -0.39 is 0 Å². The number of nitrogens with one attached hydrogen (secondary N) is 1. The second kappa shape index (κ2) is 8.73. The Morgan fingerprint density at radius 2 is 1.94 bits per heavy atom. The summed E-state index contributed by atoms with van der Waals surface area (Å²) in [6.07, 6.45) is 5.68. The number of ether oxygens (including phenoxy) is 2. The zero-order valence-corrected chi connectivity index (χ0v) is 19.0. The van der Waals surface area contributed by atoms with Gasteiger partial charge in [0.1, 0.15) is 5.82 Å². The first-order valence-electron chi connectivity index (χ1n) is 11.4. The molecule has 1 aromatic carbocycles. The standard InChI is InChI=1S/C23H30N4O3S/c1-14(2)21(16-6-9-18-19(12-16)30-11-3-10-29-18)24-20(28)13-31-23-26-25-22(15-4-5-15)27(23)17-7-8-17/h6,9,12,14-15,17,21H,3-5,7-8,10-11,13H2,1-2H3,(H,24,28). The Morgan fingerprint density at radius 3 is 2.65 bits per heavy atom. The number of aromatic nitrogens is 3. The number of hydrogen-bond donors (Lipinski definition) is 1. The van der Waals surface area contributed by atoms with Crippen LogP contribution in [0.5, 0.6) is 11.5 Å². The second-order valence-electron chi connectivity index (χ2n) is 9.05. The van der Waals surface area contributed by atoms with Crippen molar-refractivity contribution < 1.29 is 14.3 Å². The van der Waals surface area contributed by atoms with E-state index in [-0.39, 0.29) is 17.9 Å². The van der Waals surface area contributed by atoms with Crippen LogP contribution < -0.4 is 14.8 Å². The zero-order valence-electron chi connectivity index (χ0n) is 18.2. The molecule has 0 bridgehead atoms. The van der Waals surface area contributed by atoms with E-state index in [2.05, 4.69) is 33.9 Å². The Bertz CT molecular complexity index is 952. The molecule has 2 saturated carbocycles. The first-order valence-corrected chi connectivity index (χ1v) is 12.3. The largest absolute Gasteiger partial charge is 0.490 e. The minimum absolute atomic E-state index is 0.00845. The molecule has 8 heteroatoms. The molecule has 1 aromatic heterocycles. The summed E-state index contributed by atoms with van der Waals surface area (Å²) in [6, 6.07) is 6.42. The van der Waals surface area contributed by atoms with Crippen LogP contribution in [0.1, 0.15) is 75.3 Å². The van der Waals surface area contributed by atoms with Gasteiger partial charge in [0.05, 0.1) is 25.0 Å². The molecule has 3 aliphatic rings. The van der Waals surface area contributed by atoms with Crippen LogP contribution in [0, 0.1) is 5.92 Å². The quantitative estimate of drug-likeness (QED) is 0.616. The maximum atomic E-state index is 12.9. The zero-order chi connectivity index (χ0) is 21.4. The number of rotatable bonds is 8. The predicted octanol–water partition coefficient (Wildman–Crippen LogP) is 4.26. The van der Waals surface area contributed by atoms with Gasteiger partial charge in [-0.25, -0.2) is 0 Å². The van der Waals surface area contributed by atoms with Gasteiger partial charge in [-0.2, -0.15) is 0 Å². The number of thioether (sulfide) groups is 1. The average molecular weight is 443 g/mol. The first-order chi connectivity index (χ1) is 15.1. The third kappa shape index (κ3) is 4.68. The van der Waals surface area contributed by atoms with Gasteiger partial charge in [-0.05, 0) is 49.3 Å². The van der Waals surface area contributed by atoms with Gasteiger partial charge in [0.2, 0.25) is 5.91 Å². The summed E-state index contributed by atoms with van der Waals surface area (Å²) in [7, 11) is 0. The molecule has 0 radical (unpaired) electrons. The maximum absolute atomic E-state index is 12.9. The number of carbonyl (C=O) groups excluding carboxylic acids is 1. The van der Waals surface area contributed by atoms with Gasteiger partial charge in [-0.15, -0.1) is 10.2 Å². The molecule has 2 aromatic rings. The van der Waals surface area contributed by atoms with Gasteiger partial charge in [-0.1, -0.05) is 31.7 Å². The van der Waals surface area contributed by atoms with Gasteiger partial charge in [-0.3, -0.25) is 4.79 Å². The van der Waals surface area contributed by atoms with E-state index in [1.54, 1.807) is 0 Å².